The Morgan fingerprint density at radius 3 is 2.53 bits per heavy atom. The highest BCUT2D eigenvalue weighted by Crippen LogP contribution is 2.36. The van der Waals surface area contributed by atoms with Crippen molar-refractivity contribution in [3.05, 3.63) is 50.5 Å². The van der Waals surface area contributed by atoms with Crippen molar-refractivity contribution in [1.29, 1.82) is 10.7 Å². The molecule has 1 aliphatic heterocycles. The molecule has 0 aliphatic carbocycles. The first kappa shape index (κ1) is 12.0. The summed E-state index contributed by atoms with van der Waals surface area (Å²) >= 11 is 4.58. The van der Waals surface area contributed by atoms with Crippen molar-refractivity contribution >= 4 is 38.8 Å². The third-order valence-electron chi connectivity index (χ3n) is 2.25. The number of nitrogens with two attached hydrogens (primary N) is 1. The average Bonchev–Trinajstić information content (AvgIpc) is 2.57. The molecule has 0 saturated carbocycles. The van der Waals surface area contributed by atoms with Crippen molar-refractivity contribution in [2.24, 2.45) is 5.73 Å². The van der Waals surface area contributed by atoms with Gasteiger partial charge in [0.15, 0.2) is 0 Å². The smallest absolute Gasteiger partial charge is 0.112 e. The molecule has 0 atom stereocenters. The van der Waals surface area contributed by atoms with Crippen LogP contribution in [0.4, 0.5) is 0 Å². The largest absolute Gasteiger partial charge is 0.397 e. The zero-order valence-electron chi connectivity index (χ0n) is 8.70. The van der Waals surface area contributed by atoms with E-state index in [9.17, 15) is 0 Å². The summed E-state index contributed by atoms with van der Waals surface area (Å²) in [6, 6.07) is 9.70. The summed E-state index contributed by atoms with van der Waals surface area (Å²) in [5.74, 6) is 0. The second-order valence-corrected chi connectivity index (χ2v) is 5.36. The Bertz CT molecular complexity index is 579. The topological polar surface area (TPSA) is 73.7 Å². The quantitative estimate of drug-likeness (QED) is 0.836. The number of rotatable bonds is 1. The molecule has 17 heavy (non-hydrogen) atoms. The summed E-state index contributed by atoms with van der Waals surface area (Å²) in [6.07, 6.45) is 1.88. The molecular formula is C12H8BrN3S. The lowest BCUT2D eigenvalue weighted by molar-refractivity contribution is 1.38. The van der Waals surface area contributed by atoms with Crippen LogP contribution < -0.4 is 5.73 Å². The summed E-state index contributed by atoms with van der Waals surface area (Å²) in [6.45, 7) is 0. The van der Waals surface area contributed by atoms with Gasteiger partial charge in [0.2, 0.25) is 0 Å². The Morgan fingerprint density at radius 2 is 2.00 bits per heavy atom. The van der Waals surface area contributed by atoms with E-state index in [1.54, 1.807) is 0 Å². The standard InChI is InChI=1S/C12H8BrN3S/c13-8-3-1-7(2-4-8)5-10-11(15)9(6-14)12(16)17-10/h1-5,16H,15H2. The average molecular weight is 306 g/mol. The van der Waals surface area contributed by atoms with Crippen LogP contribution in [0.25, 0.3) is 6.08 Å². The SMILES string of the molecule is N#CC1=C(N)C(=Cc2ccc(Br)cc2)SC1=N. The minimum atomic E-state index is 0.216. The number of hydrogen-bond donors (Lipinski definition) is 2. The second-order valence-electron chi connectivity index (χ2n) is 3.39. The van der Waals surface area contributed by atoms with Crippen molar-refractivity contribution in [2.75, 3.05) is 0 Å². The first-order valence-electron chi connectivity index (χ1n) is 4.76. The van der Waals surface area contributed by atoms with Gasteiger partial charge in [-0.3, -0.25) is 5.41 Å². The van der Waals surface area contributed by atoms with E-state index < -0.39 is 0 Å². The predicted molar refractivity (Wildman–Crippen MR) is 74.3 cm³/mol. The molecule has 1 aromatic rings. The molecule has 2 rings (SSSR count). The summed E-state index contributed by atoms with van der Waals surface area (Å²) in [5, 5.41) is 16.7. The highest BCUT2D eigenvalue weighted by molar-refractivity contribution is 9.10. The minimum Gasteiger partial charge on any atom is -0.397 e. The Labute approximate surface area is 112 Å². The highest BCUT2D eigenvalue weighted by atomic mass is 79.9. The zero-order chi connectivity index (χ0) is 12.4. The van der Waals surface area contributed by atoms with Crippen LogP contribution in [0, 0.1) is 16.7 Å². The molecule has 0 aromatic heterocycles. The fraction of sp³-hybridized carbons (Fsp3) is 0. The lowest BCUT2D eigenvalue weighted by Crippen LogP contribution is -1.98. The molecule has 0 spiro atoms. The fourth-order valence-corrected chi connectivity index (χ4v) is 2.54. The van der Waals surface area contributed by atoms with Crippen LogP contribution in [-0.2, 0) is 0 Å². The second kappa shape index (κ2) is 4.78. The van der Waals surface area contributed by atoms with Gasteiger partial charge in [-0.25, -0.2) is 0 Å². The minimum absolute atomic E-state index is 0.216. The highest BCUT2D eigenvalue weighted by Gasteiger charge is 2.23. The molecule has 1 aliphatic rings. The summed E-state index contributed by atoms with van der Waals surface area (Å²) < 4.78 is 1.01. The van der Waals surface area contributed by atoms with Crippen molar-refractivity contribution < 1.29 is 0 Å². The molecule has 5 heteroatoms. The van der Waals surface area contributed by atoms with Crippen molar-refractivity contribution in [3.63, 3.8) is 0 Å². The Balaban J connectivity index is 2.38. The number of thioether (sulfide) groups is 1. The summed E-state index contributed by atoms with van der Waals surface area (Å²) in [5.41, 5.74) is 7.47. The third-order valence-corrected chi connectivity index (χ3v) is 3.75. The van der Waals surface area contributed by atoms with Gasteiger partial charge in [-0.2, -0.15) is 5.26 Å². The van der Waals surface area contributed by atoms with E-state index >= 15 is 0 Å². The van der Waals surface area contributed by atoms with Gasteiger partial charge >= 0.3 is 0 Å². The summed E-state index contributed by atoms with van der Waals surface area (Å²) in [4.78, 5) is 0.758. The number of nitrogens with one attached hydrogen (secondary N) is 1. The molecule has 1 aromatic carbocycles. The van der Waals surface area contributed by atoms with Gasteiger partial charge in [0, 0.05) is 9.38 Å². The van der Waals surface area contributed by atoms with Crippen LogP contribution in [0.2, 0.25) is 0 Å². The predicted octanol–water partition coefficient (Wildman–Crippen LogP) is 3.25. The molecule has 1 heterocycles. The number of benzene rings is 1. The van der Waals surface area contributed by atoms with E-state index in [0.717, 1.165) is 14.9 Å². The first-order valence-corrected chi connectivity index (χ1v) is 6.37. The van der Waals surface area contributed by atoms with E-state index in [2.05, 4.69) is 15.9 Å². The maximum atomic E-state index is 8.85. The van der Waals surface area contributed by atoms with Gasteiger partial charge in [0.25, 0.3) is 0 Å². The van der Waals surface area contributed by atoms with Gasteiger partial charge < -0.3 is 5.73 Å². The monoisotopic (exact) mass is 305 g/mol. The van der Waals surface area contributed by atoms with Gasteiger partial charge in [-0.15, -0.1) is 0 Å². The van der Waals surface area contributed by atoms with Gasteiger partial charge in [0.1, 0.15) is 16.7 Å². The molecule has 0 amide bonds. The van der Waals surface area contributed by atoms with Crippen molar-refractivity contribution in [3.8, 4) is 6.07 Å². The number of halogens is 1. The third kappa shape index (κ3) is 2.43. The first-order chi connectivity index (χ1) is 8.11. The van der Waals surface area contributed by atoms with Crippen LogP contribution in [0.5, 0.6) is 0 Å². The normalized spacial score (nSPS) is 17.6. The van der Waals surface area contributed by atoms with E-state index in [-0.39, 0.29) is 10.6 Å². The molecule has 0 saturated heterocycles. The van der Waals surface area contributed by atoms with E-state index in [4.69, 9.17) is 16.4 Å². The molecule has 84 valence electrons. The number of hydrogen-bond acceptors (Lipinski definition) is 4. The van der Waals surface area contributed by atoms with E-state index in [1.165, 1.54) is 11.8 Å². The Morgan fingerprint density at radius 1 is 1.35 bits per heavy atom. The van der Waals surface area contributed by atoms with Crippen molar-refractivity contribution in [1.82, 2.24) is 0 Å². The van der Waals surface area contributed by atoms with Crippen LogP contribution in [-0.4, -0.2) is 5.04 Å². The molecular weight excluding hydrogens is 298 g/mol. The van der Waals surface area contributed by atoms with Crippen molar-refractivity contribution in [2.45, 2.75) is 0 Å². The maximum absolute atomic E-state index is 8.85. The van der Waals surface area contributed by atoms with Crippen LogP contribution in [0.1, 0.15) is 5.56 Å². The molecule has 3 nitrogen and oxygen atoms in total. The molecule has 0 bridgehead atoms. The molecule has 0 unspecified atom stereocenters. The molecule has 0 radical (unpaired) electrons. The van der Waals surface area contributed by atoms with E-state index in [0.29, 0.717) is 5.70 Å². The van der Waals surface area contributed by atoms with E-state index in [1.807, 2.05) is 36.4 Å². The van der Waals surface area contributed by atoms with Crippen LogP contribution in [0.3, 0.4) is 0 Å². The maximum Gasteiger partial charge on any atom is 0.112 e. The number of nitrogens with zero attached hydrogens (tertiary/aromatic N) is 1. The molecule has 0 fully saturated rings. The Hall–Kier alpha value is -1.51. The molecule has 3 N–H and O–H groups in total. The lowest BCUT2D eigenvalue weighted by atomic mass is 10.1. The Kier molecular flexibility index (Phi) is 3.36. The van der Waals surface area contributed by atoms with Crippen LogP contribution >= 0.6 is 27.7 Å². The lowest BCUT2D eigenvalue weighted by Gasteiger charge is -1.99. The van der Waals surface area contributed by atoms with Gasteiger partial charge in [-0.05, 0) is 23.8 Å². The van der Waals surface area contributed by atoms with Crippen LogP contribution in [0.15, 0.2) is 44.9 Å². The zero-order valence-corrected chi connectivity index (χ0v) is 11.1. The van der Waals surface area contributed by atoms with Gasteiger partial charge in [-0.1, -0.05) is 39.8 Å². The fourth-order valence-electron chi connectivity index (χ4n) is 1.39. The van der Waals surface area contributed by atoms with Gasteiger partial charge in [0.05, 0.1) is 5.70 Å². The number of nitriles is 1. The summed E-state index contributed by atoms with van der Waals surface area (Å²) in [7, 11) is 0.